The Kier molecular flexibility index (Phi) is 12.2. The van der Waals surface area contributed by atoms with Crippen LogP contribution in [-0.4, -0.2) is 86.3 Å². The zero-order valence-corrected chi connectivity index (χ0v) is 20.8. The highest BCUT2D eigenvalue weighted by Crippen LogP contribution is 2.12. The van der Waals surface area contributed by atoms with Gasteiger partial charge in [-0.15, -0.1) is 0 Å². The molecule has 1 heterocycles. The molecule has 0 saturated carbocycles. The van der Waals surface area contributed by atoms with Crippen molar-refractivity contribution in [3.05, 3.63) is 48.0 Å². The molecular weight excluding hydrogens is 498 g/mol. The highest BCUT2D eigenvalue weighted by Gasteiger charge is 2.30. The van der Waals surface area contributed by atoms with Gasteiger partial charge in [-0.1, -0.05) is 12.1 Å². The topological polar surface area (TPSA) is 246 Å². The standard InChI is InChI=1S/C24H35N7O7/c25-8-2-1-3-18(22(35)31-20(12-32)24(37)38)29-23(36)19(9-14-4-6-16(33)7-5-14)30-21(34)17(26)10-15-11-27-13-28-15/h4-7,11,13,17-20,32-33H,1-3,8-10,12,25-26H2,(H,27,28)(H,29,36)(H,30,34)(H,31,35)(H,37,38). The number of amides is 3. The number of carbonyl (C=O) groups excluding carboxylic acids is 3. The summed E-state index contributed by atoms with van der Waals surface area (Å²) < 4.78 is 0. The zero-order valence-electron chi connectivity index (χ0n) is 20.8. The Labute approximate surface area is 219 Å². The van der Waals surface area contributed by atoms with Crippen molar-refractivity contribution in [1.29, 1.82) is 0 Å². The number of H-pyrrole nitrogens is 1. The van der Waals surface area contributed by atoms with Gasteiger partial charge >= 0.3 is 5.97 Å². The van der Waals surface area contributed by atoms with E-state index in [1.807, 2.05) is 0 Å². The van der Waals surface area contributed by atoms with Crippen LogP contribution in [0.1, 0.15) is 30.5 Å². The first-order chi connectivity index (χ1) is 18.1. The van der Waals surface area contributed by atoms with Gasteiger partial charge < -0.3 is 47.7 Å². The van der Waals surface area contributed by atoms with E-state index in [0.717, 1.165) is 0 Å². The number of carboxylic acid groups (broad SMARTS) is 1. The number of hydrogen-bond acceptors (Lipinski definition) is 9. The summed E-state index contributed by atoms with van der Waals surface area (Å²) in [6.45, 7) is -0.483. The van der Waals surface area contributed by atoms with Crippen molar-refractivity contribution in [2.75, 3.05) is 13.2 Å². The Morgan fingerprint density at radius 1 is 0.921 bits per heavy atom. The number of carboxylic acids is 1. The van der Waals surface area contributed by atoms with Gasteiger partial charge in [0.2, 0.25) is 17.7 Å². The van der Waals surface area contributed by atoms with Crippen LogP contribution in [-0.2, 0) is 32.0 Å². The molecule has 0 radical (unpaired) electrons. The summed E-state index contributed by atoms with van der Waals surface area (Å²) in [7, 11) is 0. The van der Waals surface area contributed by atoms with Gasteiger partial charge in [-0.3, -0.25) is 14.4 Å². The van der Waals surface area contributed by atoms with Crippen LogP contribution < -0.4 is 27.4 Å². The second-order valence-electron chi connectivity index (χ2n) is 8.75. The van der Waals surface area contributed by atoms with Gasteiger partial charge in [-0.2, -0.15) is 0 Å². The van der Waals surface area contributed by atoms with E-state index < -0.39 is 54.5 Å². The number of nitrogens with zero attached hydrogens (tertiary/aromatic N) is 1. The van der Waals surface area contributed by atoms with Crippen molar-refractivity contribution in [2.45, 2.75) is 56.3 Å². The van der Waals surface area contributed by atoms with Gasteiger partial charge in [-0.05, 0) is 43.5 Å². The van der Waals surface area contributed by atoms with Crippen molar-refractivity contribution in [1.82, 2.24) is 25.9 Å². The van der Waals surface area contributed by atoms with Gasteiger partial charge in [0.1, 0.15) is 23.9 Å². The molecule has 208 valence electrons. The van der Waals surface area contributed by atoms with Gasteiger partial charge in [-0.25, -0.2) is 9.78 Å². The highest BCUT2D eigenvalue weighted by molar-refractivity contribution is 5.94. The molecule has 1 aromatic carbocycles. The average Bonchev–Trinajstić information content (AvgIpc) is 3.40. The van der Waals surface area contributed by atoms with E-state index in [2.05, 4.69) is 25.9 Å². The van der Waals surface area contributed by atoms with Crippen LogP contribution in [0.15, 0.2) is 36.8 Å². The monoisotopic (exact) mass is 533 g/mol. The summed E-state index contributed by atoms with van der Waals surface area (Å²) >= 11 is 0. The van der Waals surface area contributed by atoms with Crippen molar-refractivity contribution >= 4 is 23.7 Å². The molecular formula is C24H35N7O7. The number of aliphatic hydroxyl groups is 1. The fraction of sp³-hybridized carbons (Fsp3) is 0.458. The third kappa shape index (κ3) is 9.80. The predicted molar refractivity (Wildman–Crippen MR) is 135 cm³/mol. The molecule has 11 N–H and O–H groups in total. The molecule has 0 fully saturated rings. The van der Waals surface area contributed by atoms with Crippen molar-refractivity contribution in [2.24, 2.45) is 11.5 Å². The van der Waals surface area contributed by atoms with E-state index in [1.165, 1.54) is 24.7 Å². The van der Waals surface area contributed by atoms with Gasteiger partial charge in [0.15, 0.2) is 0 Å². The number of imidazole rings is 1. The lowest BCUT2D eigenvalue weighted by molar-refractivity contribution is -0.143. The van der Waals surface area contributed by atoms with Gasteiger partial charge in [0, 0.05) is 24.7 Å². The number of unbranched alkanes of at least 4 members (excludes halogenated alkanes) is 1. The molecule has 2 aromatic rings. The molecule has 14 nitrogen and oxygen atoms in total. The van der Waals surface area contributed by atoms with Crippen LogP contribution in [0.5, 0.6) is 5.75 Å². The smallest absolute Gasteiger partial charge is 0.328 e. The number of aliphatic carboxylic acids is 1. The number of phenols is 1. The zero-order chi connectivity index (χ0) is 28.1. The van der Waals surface area contributed by atoms with E-state index in [0.29, 0.717) is 30.6 Å². The Balaban J connectivity index is 2.20. The SMILES string of the molecule is NCCCCC(NC(=O)C(Cc1ccc(O)cc1)NC(=O)C(N)Cc1cnc[nH]1)C(=O)NC(CO)C(=O)O. The summed E-state index contributed by atoms with van der Waals surface area (Å²) in [5.74, 6) is -3.54. The molecule has 0 aliphatic carbocycles. The minimum absolute atomic E-state index is 0.0140. The average molecular weight is 534 g/mol. The van der Waals surface area contributed by atoms with E-state index in [9.17, 15) is 29.4 Å². The number of nitrogens with two attached hydrogens (primary N) is 2. The fourth-order valence-electron chi connectivity index (χ4n) is 3.57. The van der Waals surface area contributed by atoms with Gasteiger partial charge in [0.05, 0.1) is 19.0 Å². The number of aromatic hydroxyl groups is 1. The van der Waals surface area contributed by atoms with E-state index in [-0.39, 0.29) is 25.0 Å². The third-order valence-corrected chi connectivity index (χ3v) is 5.72. The van der Waals surface area contributed by atoms with E-state index in [4.69, 9.17) is 16.6 Å². The minimum atomic E-state index is -1.55. The molecule has 1 aromatic heterocycles. The first-order valence-electron chi connectivity index (χ1n) is 12.1. The predicted octanol–water partition coefficient (Wildman–Crippen LogP) is -2.11. The maximum absolute atomic E-state index is 13.3. The normalized spacial score (nSPS) is 14.1. The van der Waals surface area contributed by atoms with Crippen LogP contribution in [0, 0.1) is 0 Å². The summed E-state index contributed by atoms with van der Waals surface area (Å²) in [6, 6.07) is 1.16. The lowest BCUT2D eigenvalue weighted by atomic mass is 10.0. The van der Waals surface area contributed by atoms with Gasteiger partial charge in [0.25, 0.3) is 0 Å². The molecule has 0 aliphatic rings. The molecule has 4 atom stereocenters. The number of carbonyl (C=O) groups is 4. The number of benzene rings is 1. The van der Waals surface area contributed by atoms with Crippen molar-refractivity contribution in [3.63, 3.8) is 0 Å². The quantitative estimate of drug-likeness (QED) is 0.106. The van der Waals surface area contributed by atoms with Crippen LogP contribution in [0.4, 0.5) is 0 Å². The Bertz CT molecular complexity index is 1050. The Morgan fingerprint density at radius 3 is 2.13 bits per heavy atom. The molecule has 4 unspecified atom stereocenters. The lowest BCUT2D eigenvalue weighted by Gasteiger charge is -2.25. The number of aromatic amines is 1. The van der Waals surface area contributed by atoms with Crippen molar-refractivity contribution < 1.29 is 34.5 Å². The van der Waals surface area contributed by atoms with Crippen molar-refractivity contribution in [3.8, 4) is 5.75 Å². The maximum atomic E-state index is 13.3. The first-order valence-corrected chi connectivity index (χ1v) is 12.1. The second kappa shape index (κ2) is 15.3. The number of aromatic nitrogens is 2. The second-order valence-corrected chi connectivity index (χ2v) is 8.75. The Morgan fingerprint density at radius 2 is 1.55 bits per heavy atom. The summed E-state index contributed by atoms with van der Waals surface area (Å²) in [6.07, 6.45) is 4.28. The molecule has 0 saturated heterocycles. The molecule has 38 heavy (non-hydrogen) atoms. The number of nitrogens with one attached hydrogen (secondary N) is 4. The molecule has 2 rings (SSSR count). The number of rotatable bonds is 16. The molecule has 14 heteroatoms. The molecule has 0 bridgehead atoms. The first kappa shape index (κ1) is 30.2. The number of aliphatic hydroxyl groups excluding tert-OH is 1. The molecule has 0 spiro atoms. The number of hydrogen-bond donors (Lipinski definition) is 9. The lowest BCUT2D eigenvalue weighted by Crippen LogP contribution is -2.58. The highest BCUT2D eigenvalue weighted by atomic mass is 16.4. The largest absolute Gasteiger partial charge is 0.508 e. The van der Waals surface area contributed by atoms with Crippen LogP contribution >= 0.6 is 0 Å². The minimum Gasteiger partial charge on any atom is -0.508 e. The van der Waals surface area contributed by atoms with E-state index in [1.54, 1.807) is 12.1 Å². The Hall–Kier alpha value is -4.01. The van der Waals surface area contributed by atoms with E-state index >= 15 is 0 Å². The third-order valence-electron chi connectivity index (χ3n) is 5.72. The molecule has 3 amide bonds. The summed E-state index contributed by atoms with van der Waals surface area (Å²) in [5.41, 5.74) is 12.8. The number of phenolic OH excluding ortho intramolecular Hbond substituents is 1. The fourth-order valence-corrected chi connectivity index (χ4v) is 3.57. The molecule has 0 aliphatic heterocycles. The summed E-state index contributed by atoms with van der Waals surface area (Å²) in [5, 5.41) is 35.4. The van der Waals surface area contributed by atoms with Crippen LogP contribution in [0.25, 0.3) is 0 Å². The summed E-state index contributed by atoms with van der Waals surface area (Å²) in [4.78, 5) is 56.9. The van der Waals surface area contributed by atoms with Crippen LogP contribution in [0.3, 0.4) is 0 Å². The maximum Gasteiger partial charge on any atom is 0.328 e. The van der Waals surface area contributed by atoms with Crippen LogP contribution in [0.2, 0.25) is 0 Å².